The minimum atomic E-state index is -0.650. The molecule has 0 saturated heterocycles. The number of nitrogens with two attached hydrogens (primary N) is 2. The first-order valence-corrected chi connectivity index (χ1v) is 4.57. The molecule has 0 radical (unpaired) electrons. The number of hydrogen-bond acceptors (Lipinski definition) is 3. The number of aliphatic hydroxyl groups excluding tert-OH is 1. The van der Waals surface area contributed by atoms with E-state index in [-0.39, 0.29) is 12.2 Å². The van der Waals surface area contributed by atoms with E-state index < -0.39 is 5.91 Å². The molecule has 0 bridgehead atoms. The summed E-state index contributed by atoms with van der Waals surface area (Å²) in [6.07, 6.45) is 1.79. The normalized spacial score (nSPS) is 8.56. The van der Waals surface area contributed by atoms with Gasteiger partial charge in [-0.3, -0.25) is 4.79 Å². The van der Waals surface area contributed by atoms with Crippen LogP contribution >= 0.6 is 0 Å². The summed E-state index contributed by atoms with van der Waals surface area (Å²) in [7, 11) is 0. The molecule has 1 rings (SSSR count). The smallest absolute Gasteiger partial charge is 0.246 e. The maximum absolute atomic E-state index is 9.89. The Bertz CT molecular complexity index is 369. The van der Waals surface area contributed by atoms with Crippen LogP contribution in [-0.4, -0.2) is 17.6 Å². The standard InChI is InChI=1S/C8H9N.C4H7NO2/c1-2-7-3-5-8(9)6-4-7;1-3(2-6)4(5)7/h2-6H,1,9H2;6H,1-2H2,(H2,5,7). The molecule has 0 fully saturated rings. The zero-order valence-electron chi connectivity index (χ0n) is 9.02. The summed E-state index contributed by atoms with van der Waals surface area (Å²) in [4.78, 5) is 9.89. The molecule has 0 unspecified atom stereocenters. The molecule has 0 spiro atoms. The van der Waals surface area contributed by atoms with Crippen molar-refractivity contribution in [1.29, 1.82) is 0 Å². The third kappa shape index (κ3) is 5.62. The predicted molar refractivity (Wildman–Crippen MR) is 66.4 cm³/mol. The van der Waals surface area contributed by atoms with Gasteiger partial charge in [-0.2, -0.15) is 0 Å². The third-order valence-corrected chi connectivity index (χ3v) is 1.71. The molecule has 0 aliphatic carbocycles. The first-order valence-electron chi connectivity index (χ1n) is 4.57. The van der Waals surface area contributed by atoms with Gasteiger partial charge in [0.1, 0.15) is 0 Å². The van der Waals surface area contributed by atoms with Crippen molar-refractivity contribution < 1.29 is 9.90 Å². The molecule has 0 atom stereocenters. The highest BCUT2D eigenvalue weighted by Gasteiger charge is 1.94. The van der Waals surface area contributed by atoms with Crippen molar-refractivity contribution in [3.8, 4) is 0 Å². The van der Waals surface area contributed by atoms with Gasteiger partial charge in [0.15, 0.2) is 0 Å². The van der Waals surface area contributed by atoms with E-state index in [0.29, 0.717) is 0 Å². The lowest BCUT2D eigenvalue weighted by molar-refractivity contribution is -0.114. The minimum absolute atomic E-state index is 0.0417. The number of hydrogen-bond donors (Lipinski definition) is 3. The highest BCUT2D eigenvalue weighted by molar-refractivity contribution is 5.91. The van der Waals surface area contributed by atoms with E-state index >= 15 is 0 Å². The molecule has 1 amide bonds. The van der Waals surface area contributed by atoms with E-state index in [9.17, 15) is 4.79 Å². The lowest BCUT2D eigenvalue weighted by Crippen LogP contribution is -2.14. The van der Waals surface area contributed by atoms with Gasteiger partial charge < -0.3 is 16.6 Å². The molecule has 16 heavy (non-hydrogen) atoms. The van der Waals surface area contributed by atoms with Crippen LogP contribution in [0.1, 0.15) is 5.56 Å². The van der Waals surface area contributed by atoms with Crippen LogP contribution in [0.5, 0.6) is 0 Å². The van der Waals surface area contributed by atoms with Gasteiger partial charge in [-0.15, -0.1) is 0 Å². The monoisotopic (exact) mass is 220 g/mol. The Kier molecular flexibility index (Phi) is 6.31. The van der Waals surface area contributed by atoms with E-state index in [4.69, 9.17) is 10.8 Å². The number of amides is 1. The maximum Gasteiger partial charge on any atom is 0.246 e. The van der Waals surface area contributed by atoms with Crippen molar-refractivity contribution in [1.82, 2.24) is 0 Å². The largest absolute Gasteiger partial charge is 0.399 e. The minimum Gasteiger partial charge on any atom is -0.399 e. The van der Waals surface area contributed by atoms with Gasteiger partial charge in [0.25, 0.3) is 0 Å². The average Bonchev–Trinajstić information content (AvgIpc) is 2.29. The molecular formula is C12H16N2O2. The van der Waals surface area contributed by atoms with Crippen LogP contribution in [0, 0.1) is 0 Å². The van der Waals surface area contributed by atoms with E-state index in [1.54, 1.807) is 6.08 Å². The zero-order valence-corrected chi connectivity index (χ0v) is 9.02. The first kappa shape index (κ1) is 13.9. The Balaban J connectivity index is 0.000000293. The quantitative estimate of drug-likeness (QED) is 0.523. The van der Waals surface area contributed by atoms with Crippen LogP contribution in [0.4, 0.5) is 5.69 Å². The Morgan fingerprint density at radius 2 is 1.88 bits per heavy atom. The van der Waals surface area contributed by atoms with Crippen molar-refractivity contribution in [2.45, 2.75) is 0 Å². The second-order valence-corrected chi connectivity index (χ2v) is 3.00. The van der Waals surface area contributed by atoms with Crippen LogP contribution in [0.25, 0.3) is 6.08 Å². The first-order chi connectivity index (χ1) is 7.51. The average molecular weight is 220 g/mol. The van der Waals surface area contributed by atoms with Crippen molar-refractivity contribution in [2.24, 2.45) is 5.73 Å². The number of anilines is 1. The molecule has 0 aliphatic rings. The van der Waals surface area contributed by atoms with Crippen LogP contribution in [0.3, 0.4) is 0 Å². The number of aliphatic hydroxyl groups is 1. The topological polar surface area (TPSA) is 89.3 Å². The molecule has 0 saturated carbocycles. The summed E-state index contributed by atoms with van der Waals surface area (Å²) in [6, 6.07) is 7.58. The van der Waals surface area contributed by atoms with Gasteiger partial charge in [0.2, 0.25) is 5.91 Å². The molecule has 0 aliphatic heterocycles. The van der Waals surface area contributed by atoms with Crippen LogP contribution < -0.4 is 11.5 Å². The molecule has 0 heterocycles. The zero-order chi connectivity index (χ0) is 12.6. The lowest BCUT2D eigenvalue weighted by Gasteiger charge is -1.91. The summed E-state index contributed by atoms with van der Waals surface area (Å²) >= 11 is 0. The number of primary amides is 1. The van der Waals surface area contributed by atoms with Crippen LogP contribution in [0.2, 0.25) is 0 Å². The van der Waals surface area contributed by atoms with Crippen molar-refractivity contribution >= 4 is 17.7 Å². The maximum atomic E-state index is 9.89. The van der Waals surface area contributed by atoms with E-state index in [0.717, 1.165) is 11.3 Å². The summed E-state index contributed by atoms with van der Waals surface area (Å²) in [5.41, 5.74) is 12.0. The van der Waals surface area contributed by atoms with E-state index in [1.165, 1.54) is 0 Å². The highest BCUT2D eigenvalue weighted by Crippen LogP contribution is 2.05. The Hall–Kier alpha value is -2.07. The van der Waals surface area contributed by atoms with Crippen molar-refractivity contribution in [3.63, 3.8) is 0 Å². The number of rotatable bonds is 3. The van der Waals surface area contributed by atoms with Gasteiger partial charge in [0, 0.05) is 11.3 Å². The molecule has 1 aromatic rings. The highest BCUT2D eigenvalue weighted by atomic mass is 16.3. The molecular weight excluding hydrogens is 204 g/mol. The van der Waals surface area contributed by atoms with E-state index in [1.807, 2.05) is 24.3 Å². The number of nitrogen functional groups attached to an aromatic ring is 1. The fourth-order valence-corrected chi connectivity index (χ4v) is 0.710. The van der Waals surface area contributed by atoms with Crippen LogP contribution in [0.15, 0.2) is 43.0 Å². The molecule has 5 N–H and O–H groups in total. The van der Waals surface area contributed by atoms with Gasteiger partial charge in [-0.1, -0.05) is 31.4 Å². The lowest BCUT2D eigenvalue weighted by atomic mass is 10.2. The number of benzene rings is 1. The van der Waals surface area contributed by atoms with Crippen molar-refractivity contribution in [3.05, 3.63) is 48.6 Å². The second-order valence-electron chi connectivity index (χ2n) is 3.00. The number of carbonyl (C=O) groups excluding carboxylic acids is 1. The summed E-state index contributed by atoms with van der Waals surface area (Å²) in [6.45, 7) is 6.42. The van der Waals surface area contributed by atoms with Gasteiger partial charge in [-0.25, -0.2) is 0 Å². The van der Waals surface area contributed by atoms with Gasteiger partial charge >= 0.3 is 0 Å². The third-order valence-electron chi connectivity index (χ3n) is 1.71. The summed E-state index contributed by atoms with van der Waals surface area (Å²) in [5, 5.41) is 8.10. The van der Waals surface area contributed by atoms with E-state index in [2.05, 4.69) is 18.9 Å². The second kappa shape index (κ2) is 7.25. The molecule has 1 aromatic carbocycles. The fourth-order valence-electron chi connectivity index (χ4n) is 0.710. The fraction of sp³-hybridized carbons (Fsp3) is 0.0833. The van der Waals surface area contributed by atoms with Crippen LogP contribution in [-0.2, 0) is 4.79 Å². The molecule has 4 nitrogen and oxygen atoms in total. The summed E-state index contributed by atoms with van der Waals surface area (Å²) < 4.78 is 0. The Labute approximate surface area is 94.9 Å². The molecule has 4 heteroatoms. The van der Waals surface area contributed by atoms with Crippen molar-refractivity contribution in [2.75, 3.05) is 12.3 Å². The summed E-state index contributed by atoms with van der Waals surface area (Å²) in [5.74, 6) is -0.650. The Morgan fingerprint density at radius 1 is 1.38 bits per heavy atom. The molecule has 0 aromatic heterocycles. The predicted octanol–water partition coefficient (Wildman–Crippen LogP) is 0.932. The molecule has 86 valence electrons. The van der Waals surface area contributed by atoms with Gasteiger partial charge in [-0.05, 0) is 17.7 Å². The Morgan fingerprint density at radius 3 is 2.12 bits per heavy atom. The number of carbonyl (C=O) groups is 1. The van der Waals surface area contributed by atoms with Gasteiger partial charge in [0.05, 0.1) is 6.61 Å². The SMILES string of the molecule is C=C(CO)C(N)=O.C=Cc1ccc(N)cc1.